The number of carbonyl (C=O) groups excluding carboxylic acids is 2. The summed E-state index contributed by atoms with van der Waals surface area (Å²) in [5, 5.41) is 9.44. The van der Waals surface area contributed by atoms with E-state index in [-0.39, 0.29) is 5.56 Å². The van der Waals surface area contributed by atoms with Crippen LogP contribution in [0.4, 0.5) is 0 Å². The smallest absolute Gasteiger partial charge is 0.353 e. The molecule has 0 bridgehead atoms. The van der Waals surface area contributed by atoms with Crippen LogP contribution >= 0.6 is 0 Å². The molecule has 5 nitrogen and oxygen atoms in total. The maximum absolute atomic E-state index is 12.5. The number of benzene rings is 2. The normalized spacial score (nSPS) is 10.9. The average Bonchev–Trinajstić information content (AvgIpc) is 2.55. The number of hydrogen-bond acceptors (Lipinski definition) is 3. The van der Waals surface area contributed by atoms with E-state index in [1.165, 1.54) is 18.2 Å². The van der Waals surface area contributed by atoms with E-state index in [1.54, 1.807) is 48.5 Å². The maximum Gasteiger partial charge on any atom is 0.353 e. The minimum atomic E-state index is -1.35. The summed E-state index contributed by atoms with van der Waals surface area (Å²) in [6.45, 7) is 1.16. The lowest BCUT2D eigenvalue weighted by atomic mass is 10.1. The fourth-order valence-corrected chi connectivity index (χ4v) is 2.06. The van der Waals surface area contributed by atoms with Crippen molar-refractivity contribution in [1.29, 1.82) is 0 Å². The first-order chi connectivity index (χ1) is 11.0. The van der Waals surface area contributed by atoms with Crippen molar-refractivity contribution in [1.82, 2.24) is 4.90 Å². The van der Waals surface area contributed by atoms with Gasteiger partial charge in [-0.2, -0.15) is 0 Å². The summed E-state index contributed by atoms with van der Waals surface area (Å²) < 4.78 is 0. The van der Waals surface area contributed by atoms with Crippen molar-refractivity contribution in [2.75, 3.05) is 0 Å². The summed E-state index contributed by atoms with van der Waals surface area (Å²) in [4.78, 5) is 36.7. The molecule has 0 spiro atoms. The van der Waals surface area contributed by atoms with Gasteiger partial charge in [-0.15, -0.1) is 0 Å². The van der Waals surface area contributed by atoms with Crippen LogP contribution in [-0.4, -0.2) is 27.8 Å². The van der Waals surface area contributed by atoms with Gasteiger partial charge in [0.15, 0.2) is 0 Å². The Morgan fingerprint density at radius 1 is 0.913 bits per heavy atom. The Bertz CT molecular complexity index is 751. The zero-order valence-electron chi connectivity index (χ0n) is 12.5. The summed E-state index contributed by atoms with van der Waals surface area (Å²) >= 11 is 0. The molecule has 23 heavy (non-hydrogen) atoms. The van der Waals surface area contributed by atoms with E-state index >= 15 is 0 Å². The zero-order valence-corrected chi connectivity index (χ0v) is 12.5. The van der Waals surface area contributed by atoms with Gasteiger partial charge in [-0.25, -0.2) is 9.69 Å². The maximum atomic E-state index is 12.5. The molecule has 0 fully saturated rings. The predicted molar refractivity (Wildman–Crippen MR) is 85.3 cm³/mol. The monoisotopic (exact) mass is 309 g/mol. The third kappa shape index (κ3) is 3.91. The Labute approximate surface area is 133 Å². The highest BCUT2D eigenvalue weighted by molar-refractivity contribution is 6.11. The fraction of sp³-hybridized carbons (Fsp3) is 0.0556. The third-order valence-electron chi connectivity index (χ3n) is 3.10. The summed E-state index contributed by atoms with van der Waals surface area (Å²) in [6, 6.07) is 16.7. The van der Waals surface area contributed by atoms with Crippen LogP contribution in [0.15, 0.2) is 66.4 Å². The van der Waals surface area contributed by atoms with Crippen molar-refractivity contribution in [3.63, 3.8) is 0 Å². The van der Waals surface area contributed by atoms with E-state index in [4.69, 9.17) is 0 Å². The molecule has 2 amide bonds. The van der Waals surface area contributed by atoms with E-state index in [0.29, 0.717) is 10.5 Å². The lowest BCUT2D eigenvalue weighted by Crippen LogP contribution is -2.37. The Morgan fingerprint density at radius 3 is 1.91 bits per heavy atom. The molecule has 2 aromatic rings. The van der Waals surface area contributed by atoms with Crippen LogP contribution in [0, 0.1) is 0 Å². The third-order valence-corrected chi connectivity index (χ3v) is 3.10. The highest BCUT2D eigenvalue weighted by Crippen LogP contribution is 2.16. The summed E-state index contributed by atoms with van der Waals surface area (Å²) in [6.07, 6.45) is 1.30. The Balaban J connectivity index is 2.49. The Kier molecular flexibility index (Phi) is 5.04. The SMILES string of the molecule is CC(=O)N(C(=O)c1ccccc1)/C(=C/c1ccccc1)C(=O)O. The molecule has 0 aliphatic rings. The molecule has 2 rings (SSSR count). The minimum Gasteiger partial charge on any atom is -0.477 e. The number of nitrogens with zero attached hydrogens (tertiary/aromatic N) is 1. The number of hydrogen-bond donors (Lipinski definition) is 1. The second kappa shape index (κ2) is 7.17. The lowest BCUT2D eigenvalue weighted by molar-refractivity contribution is -0.137. The molecular weight excluding hydrogens is 294 g/mol. The number of amides is 2. The van der Waals surface area contributed by atoms with Gasteiger partial charge in [0.25, 0.3) is 5.91 Å². The van der Waals surface area contributed by atoms with Crippen LogP contribution in [0.5, 0.6) is 0 Å². The molecule has 0 aromatic heterocycles. The second-order valence-electron chi connectivity index (χ2n) is 4.77. The number of aliphatic carboxylic acids is 1. The first-order valence-corrected chi connectivity index (χ1v) is 6.91. The standard InChI is InChI=1S/C18H15NO4/c1-13(20)19(17(21)15-10-6-3-7-11-15)16(18(22)23)12-14-8-4-2-5-9-14/h2-12H,1H3,(H,22,23)/b16-12+. The van der Waals surface area contributed by atoms with Gasteiger partial charge < -0.3 is 5.11 Å². The summed E-state index contributed by atoms with van der Waals surface area (Å²) in [5.74, 6) is -2.69. The molecule has 0 unspecified atom stereocenters. The predicted octanol–water partition coefficient (Wildman–Crippen LogP) is 2.80. The van der Waals surface area contributed by atoms with Crippen molar-refractivity contribution in [2.24, 2.45) is 0 Å². The highest BCUT2D eigenvalue weighted by Gasteiger charge is 2.28. The lowest BCUT2D eigenvalue weighted by Gasteiger charge is -2.19. The van der Waals surface area contributed by atoms with Crippen molar-refractivity contribution in [3.8, 4) is 0 Å². The molecule has 5 heteroatoms. The second-order valence-corrected chi connectivity index (χ2v) is 4.77. The van der Waals surface area contributed by atoms with Crippen LogP contribution in [0.1, 0.15) is 22.8 Å². The average molecular weight is 309 g/mol. The molecule has 0 heterocycles. The molecule has 0 aliphatic heterocycles. The molecule has 0 radical (unpaired) electrons. The van der Waals surface area contributed by atoms with Crippen molar-refractivity contribution in [2.45, 2.75) is 6.92 Å². The molecule has 0 aliphatic carbocycles. The van der Waals surface area contributed by atoms with Crippen LogP contribution in [-0.2, 0) is 9.59 Å². The van der Waals surface area contributed by atoms with Crippen LogP contribution in [0.2, 0.25) is 0 Å². The number of carboxylic acid groups (broad SMARTS) is 1. The van der Waals surface area contributed by atoms with Crippen molar-refractivity contribution >= 4 is 23.9 Å². The first kappa shape index (κ1) is 16.2. The highest BCUT2D eigenvalue weighted by atomic mass is 16.4. The largest absolute Gasteiger partial charge is 0.477 e. The van der Waals surface area contributed by atoms with Gasteiger partial charge in [-0.05, 0) is 23.8 Å². The van der Waals surface area contributed by atoms with E-state index < -0.39 is 23.5 Å². The first-order valence-electron chi connectivity index (χ1n) is 6.91. The Hall–Kier alpha value is -3.21. The van der Waals surface area contributed by atoms with Gasteiger partial charge in [0.2, 0.25) is 5.91 Å². The molecule has 2 aromatic carbocycles. The van der Waals surface area contributed by atoms with Gasteiger partial charge >= 0.3 is 5.97 Å². The van der Waals surface area contributed by atoms with Gasteiger partial charge in [-0.1, -0.05) is 48.5 Å². The fourth-order valence-electron chi connectivity index (χ4n) is 2.06. The minimum absolute atomic E-state index is 0.239. The van der Waals surface area contributed by atoms with Crippen molar-refractivity contribution < 1.29 is 19.5 Å². The van der Waals surface area contributed by atoms with Gasteiger partial charge in [0.05, 0.1) is 0 Å². The molecule has 0 saturated carbocycles. The van der Waals surface area contributed by atoms with E-state index in [9.17, 15) is 19.5 Å². The summed E-state index contributed by atoms with van der Waals surface area (Å²) in [7, 11) is 0. The molecular formula is C18H15NO4. The van der Waals surface area contributed by atoms with E-state index in [2.05, 4.69) is 0 Å². The van der Waals surface area contributed by atoms with E-state index in [1.807, 2.05) is 0 Å². The molecule has 116 valence electrons. The molecule has 0 saturated heterocycles. The topological polar surface area (TPSA) is 74.7 Å². The van der Waals surface area contributed by atoms with Crippen LogP contribution in [0.25, 0.3) is 6.08 Å². The van der Waals surface area contributed by atoms with E-state index in [0.717, 1.165) is 6.92 Å². The van der Waals surface area contributed by atoms with Crippen LogP contribution < -0.4 is 0 Å². The molecule has 0 atom stereocenters. The Morgan fingerprint density at radius 2 is 1.43 bits per heavy atom. The number of carboxylic acids is 1. The number of carbonyl (C=O) groups is 3. The number of imide groups is 1. The van der Waals surface area contributed by atoms with Crippen LogP contribution in [0.3, 0.4) is 0 Å². The number of rotatable bonds is 4. The zero-order chi connectivity index (χ0) is 16.8. The van der Waals surface area contributed by atoms with Gasteiger partial charge in [-0.3, -0.25) is 9.59 Å². The van der Waals surface area contributed by atoms with Gasteiger partial charge in [0.1, 0.15) is 5.70 Å². The van der Waals surface area contributed by atoms with Crippen molar-refractivity contribution in [3.05, 3.63) is 77.5 Å². The summed E-state index contributed by atoms with van der Waals surface area (Å²) in [5.41, 5.74) is 0.428. The quantitative estimate of drug-likeness (QED) is 0.881. The molecule has 1 N–H and O–H groups in total. The van der Waals surface area contributed by atoms with Gasteiger partial charge in [0, 0.05) is 12.5 Å².